The van der Waals surface area contributed by atoms with Crippen LogP contribution in [0.15, 0.2) is 36.5 Å². The summed E-state index contributed by atoms with van der Waals surface area (Å²) in [6, 6.07) is 10.2. The summed E-state index contributed by atoms with van der Waals surface area (Å²) in [6.07, 6.45) is 1.81. The molecule has 0 fully saturated rings. The van der Waals surface area contributed by atoms with Crippen LogP contribution in [0.3, 0.4) is 0 Å². The van der Waals surface area contributed by atoms with Crippen molar-refractivity contribution in [2.45, 2.75) is 6.92 Å². The van der Waals surface area contributed by atoms with Crippen molar-refractivity contribution in [3.05, 3.63) is 42.2 Å². The molecule has 1 aromatic carbocycles. The zero-order valence-corrected chi connectivity index (χ0v) is 8.36. The molecule has 3 heteroatoms. The average Bonchev–Trinajstić information content (AvgIpc) is 2.65. The van der Waals surface area contributed by atoms with Gasteiger partial charge in [0.1, 0.15) is 0 Å². The van der Waals surface area contributed by atoms with Crippen molar-refractivity contribution in [3.63, 3.8) is 0 Å². The lowest BCUT2D eigenvalue weighted by Crippen LogP contribution is -1.98. The van der Waals surface area contributed by atoms with E-state index in [1.54, 1.807) is 6.20 Å². The molecule has 0 aliphatic carbocycles. The monoisotopic (exact) mass is 187 g/mol. The molecule has 0 atom stereocenters. The van der Waals surface area contributed by atoms with Gasteiger partial charge in [-0.3, -0.25) is 0 Å². The largest absolute Gasteiger partial charge is 0.388 e. The van der Waals surface area contributed by atoms with Crippen LogP contribution in [0.25, 0.3) is 5.69 Å². The highest BCUT2D eigenvalue weighted by atomic mass is 15.3. The molecule has 0 amide bonds. The minimum atomic E-state index is 1.09. The van der Waals surface area contributed by atoms with E-state index in [-0.39, 0.29) is 0 Å². The maximum atomic E-state index is 4.24. The van der Waals surface area contributed by atoms with E-state index >= 15 is 0 Å². The maximum Gasteiger partial charge on any atom is 0.0650 e. The highest BCUT2D eigenvalue weighted by Crippen LogP contribution is 2.13. The van der Waals surface area contributed by atoms with Crippen LogP contribution >= 0.6 is 0 Å². The molecular formula is C11H13N3. The Bertz CT molecular complexity index is 414. The molecular weight excluding hydrogens is 174 g/mol. The van der Waals surface area contributed by atoms with E-state index in [0.29, 0.717) is 0 Å². The van der Waals surface area contributed by atoms with Crippen molar-refractivity contribution >= 4 is 5.69 Å². The molecule has 0 radical (unpaired) electrons. The summed E-state index contributed by atoms with van der Waals surface area (Å²) in [7, 11) is 1.91. The number of rotatable bonds is 2. The lowest BCUT2D eigenvalue weighted by atomic mass is 10.3. The third-order valence-electron chi connectivity index (χ3n) is 2.23. The van der Waals surface area contributed by atoms with Crippen LogP contribution in [-0.2, 0) is 0 Å². The number of hydrogen-bond acceptors (Lipinski definition) is 2. The molecule has 0 aliphatic heterocycles. The van der Waals surface area contributed by atoms with Gasteiger partial charge >= 0.3 is 0 Å². The Kier molecular flexibility index (Phi) is 2.23. The number of nitrogens with zero attached hydrogens (tertiary/aromatic N) is 2. The van der Waals surface area contributed by atoms with Crippen LogP contribution in [0.2, 0.25) is 0 Å². The predicted molar refractivity (Wildman–Crippen MR) is 57.8 cm³/mol. The van der Waals surface area contributed by atoms with Crippen LogP contribution in [0.4, 0.5) is 5.69 Å². The lowest BCUT2D eigenvalue weighted by molar-refractivity contribution is 0.847. The Morgan fingerprint density at radius 3 is 2.36 bits per heavy atom. The lowest BCUT2D eigenvalue weighted by Gasteiger charge is -2.05. The normalized spacial score (nSPS) is 10.1. The van der Waals surface area contributed by atoms with Gasteiger partial charge in [-0.25, -0.2) is 4.68 Å². The van der Waals surface area contributed by atoms with Crippen LogP contribution in [0.5, 0.6) is 0 Å². The summed E-state index contributed by atoms with van der Waals surface area (Å²) < 4.78 is 1.92. The summed E-state index contributed by atoms with van der Waals surface area (Å²) in [5.41, 5.74) is 3.34. The molecule has 0 aliphatic rings. The fourth-order valence-electron chi connectivity index (χ4n) is 1.41. The molecule has 0 bridgehead atoms. The maximum absolute atomic E-state index is 4.24. The van der Waals surface area contributed by atoms with Crippen molar-refractivity contribution in [2.24, 2.45) is 0 Å². The van der Waals surface area contributed by atoms with Gasteiger partial charge in [-0.15, -0.1) is 0 Å². The Balaban J connectivity index is 2.39. The first-order valence-electron chi connectivity index (χ1n) is 4.60. The van der Waals surface area contributed by atoms with Gasteiger partial charge < -0.3 is 5.32 Å². The molecule has 14 heavy (non-hydrogen) atoms. The highest BCUT2D eigenvalue weighted by Gasteiger charge is 1.99. The zero-order chi connectivity index (χ0) is 9.97. The molecule has 1 aromatic heterocycles. The molecule has 72 valence electrons. The van der Waals surface area contributed by atoms with E-state index in [9.17, 15) is 0 Å². The topological polar surface area (TPSA) is 29.9 Å². The SMILES string of the molecule is CNc1ccc(-n2nccc2C)cc1. The van der Waals surface area contributed by atoms with Gasteiger partial charge in [-0.1, -0.05) is 0 Å². The molecule has 0 saturated carbocycles. The number of nitrogens with one attached hydrogen (secondary N) is 1. The van der Waals surface area contributed by atoms with Crippen molar-refractivity contribution in [1.82, 2.24) is 9.78 Å². The van der Waals surface area contributed by atoms with Crippen LogP contribution in [0.1, 0.15) is 5.69 Å². The molecule has 0 saturated heterocycles. The summed E-state index contributed by atoms with van der Waals surface area (Å²) in [6.45, 7) is 2.04. The third kappa shape index (κ3) is 1.48. The molecule has 0 unspecified atom stereocenters. The first-order chi connectivity index (χ1) is 6.81. The van der Waals surface area contributed by atoms with Crippen LogP contribution < -0.4 is 5.32 Å². The smallest absolute Gasteiger partial charge is 0.0650 e. The average molecular weight is 187 g/mol. The first kappa shape index (κ1) is 8.81. The second kappa shape index (κ2) is 3.54. The second-order valence-corrected chi connectivity index (χ2v) is 3.18. The van der Waals surface area contributed by atoms with Crippen LogP contribution in [-0.4, -0.2) is 16.8 Å². The van der Waals surface area contributed by atoms with Gasteiger partial charge in [0.2, 0.25) is 0 Å². The third-order valence-corrected chi connectivity index (χ3v) is 2.23. The molecule has 2 aromatic rings. The van der Waals surface area contributed by atoms with Gasteiger partial charge in [-0.05, 0) is 37.3 Å². The van der Waals surface area contributed by atoms with Crippen molar-refractivity contribution in [1.29, 1.82) is 0 Å². The van der Waals surface area contributed by atoms with E-state index in [1.165, 1.54) is 0 Å². The van der Waals surface area contributed by atoms with Gasteiger partial charge in [0, 0.05) is 24.6 Å². The summed E-state index contributed by atoms with van der Waals surface area (Å²) in [5.74, 6) is 0. The zero-order valence-electron chi connectivity index (χ0n) is 8.36. The molecule has 1 N–H and O–H groups in total. The summed E-state index contributed by atoms with van der Waals surface area (Å²) >= 11 is 0. The predicted octanol–water partition coefficient (Wildman–Crippen LogP) is 2.22. The minimum absolute atomic E-state index is 1.09. The van der Waals surface area contributed by atoms with Crippen molar-refractivity contribution in [2.75, 3.05) is 12.4 Å². The molecule has 2 rings (SSSR count). The first-order valence-corrected chi connectivity index (χ1v) is 4.60. The van der Waals surface area contributed by atoms with E-state index < -0.39 is 0 Å². The number of anilines is 1. The van der Waals surface area contributed by atoms with E-state index in [0.717, 1.165) is 17.1 Å². The number of hydrogen-bond donors (Lipinski definition) is 1. The van der Waals surface area contributed by atoms with Gasteiger partial charge in [0.05, 0.1) is 5.69 Å². The molecule has 3 nitrogen and oxygen atoms in total. The van der Waals surface area contributed by atoms with Crippen molar-refractivity contribution in [3.8, 4) is 5.69 Å². The Hall–Kier alpha value is -1.77. The van der Waals surface area contributed by atoms with Gasteiger partial charge in [0.25, 0.3) is 0 Å². The summed E-state index contributed by atoms with van der Waals surface area (Å²) in [4.78, 5) is 0. The van der Waals surface area contributed by atoms with E-state index in [1.807, 2.05) is 49.0 Å². The van der Waals surface area contributed by atoms with Crippen molar-refractivity contribution < 1.29 is 0 Å². The fraction of sp³-hybridized carbons (Fsp3) is 0.182. The highest BCUT2D eigenvalue weighted by molar-refractivity contribution is 5.48. The Labute approximate surface area is 83.4 Å². The van der Waals surface area contributed by atoms with E-state index in [2.05, 4.69) is 10.4 Å². The van der Waals surface area contributed by atoms with Gasteiger partial charge in [-0.2, -0.15) is 5.10 Å². The van der Waals surface area contributed by atoms with Gasteiger partial charge in [0.15, 0.2) is 0 Å². The van der Waals surface area contributed by atoms with E-state index in [4.69, 9.17) is 0 Å². The quantitative estimate of drug-likeness (QED) is 0.781. The second-order valence-electron chi connectivity index (χ2n) is 3.18. The number of aryl methyl sites for hydroxylation is 1. The Morgan fingerprint density at radius 1 is 1.14 bits per heavy atom. The molecule has 1 heterocycles. The van der Waals surface area contributed by atoms with Crippen LogP contribution in [0, 0.1) is 6.92 Å². The summed E-state index contributed by atoms with van der Waals surface area (Å²) in [5, 5.41) is 7.32. The minimum Gasteiger partial charge on any atom is -0.388 e. The number of benzene rings is 1. The number of aromatic nitrogens is 2. The Morgan fingerprint density at radius 2 is 1.86 bits per heavy atom. The molecule has 0 spiro atoms. The fourth-order valence-corrected chi connectivity index (χ4v) is 1.41. The standard InChI is InChI=1S/C11H13N3/c1-9-7-8-13-14(9)11-5-3-10(12-2)4-6-11/h3-8,12H,1-2H3.